The Morgan fingerprint density at radius 1 is 0.389 bits per heavy atom. The molecule has 1 unspecified atom stereocenters. The van der Waals surface area contributed by atoms with Crippen LogP contribution >= 0.6 is 0 Å². The van der Waals surface area contributed by atoms with E-state index in [0.29, 0.717) is 5.92 Å². The highest BCUT2D eigenvalue weighted by Crippen LogP contribution is 2.65. The smallest absolute Gasteiger partial charge is 0.0726 e. The van der Waals surface area contributed by atoms with Crippen molar-refractivity contribution in [2.45, 2.75) is 75.5 Å². The summed E-state index contributed by atoms with van der Waals surface area (Å²) in [6.07, 6.45) is 10.6. The first-order valence-electron chi connectivity index (χ1n) is 26.3. The predicted molar refractivity (Wildman–Crippen MR) is 300 cm³/mol. The van der Waals surface area contributed by atoms with Crippen molar-refractivity contribution in [1.29, 1.82) is 0 Å². The monoisotopic (exact) mass is 925 g/mol. The fourth-order valence-electron chi connectivity index (χ4n) is 14.4. The molecule has 9 aromatic rings. The Balaban J connectivity index is 1.12. The van der Waals surface area contributed by atoms with Gasteiger partial charge in [-0.2, -0.15) is 0 Å². The zero-order chi connectivity index (χ0) is 48.6. The second-order valence-corrected chi connectivity index (χ2v) is 22.6. The minimum absolute atomic E-state index is 0.0330. The molecule has 0 aliphatic heterocycles. The summed E-state index contributed by atoms with van der Waals surface area (Å²) in [5.41, 5.74) is 26.6. The van der Waals surface area contributed by atoms with Gasteiger partial charge < -0.3 is 4.90 Å². The summed E-state index contributed by atoms with van der Waals surface area (Å²) in [6, 6.07) is 79.3. The Labute approximate surface area is 425 Å². The van der Waals surface area contributed by atoms with Gasteiger partial charge in [-0.15, -0.1) is 0 Å². The van der Waals surface area contributed by atoms with Crippen LogP contribution in [0.5, 0.6) is 0 Å². The summed E-state index contributed by atoms with van der Waals surface area (Å²) in [5, 5.41) is 0. The highest BCUT2D eigenvalue weighted by atomic mass is 15.2. The molecule has 1 heteroatoms. The number of nitrogens with zero attached hydrogens (tertiary/aromatic N) is 1. The molecule has 5 aliphatic rings. The van der Waals surface area contributed by atoms with Gasteiger partial charge in [-0.25, -0.2) is 0 Å². The first-order valence-corrected chi connectivity index (χ1v) is 26.3. The average molecular weight is 926 g/mol. The van der Waals surface area contributed by atoms with E-state index < -0.39 is 10.8 Å². The predicted octanol–water partition coefficient (Wildman–Crippen LogP) is 18.0. The molecule has 1 nitrogen and oxygen atoms in total. The molecular weight excluding hydrogens is 867 g/mol. The van der Waals surface area contributed by atoms with E-state index in [1.807, 2.05) is 0 Å². The van der Waals surface area contributed by atoms with Crippen LogP contribution in [0.3, 0.4) is 0 Å². The summed E-state index contributed by atoms with van der Waals surface area (Å²) in [5.74, 6) is 0.446. The van der Waals surface area contributed by atoms with E-state index in [-0.39, 0.29) is 10.8 Å². The van der Waals surface area contributed by atoms with Crippen LogP contribution in [0, 0.1) is 5.92 Å². The molecule has 72 heavy (non-hydrogen) atoms. The van der Waals surface area contributed by atoms with E-state index in [0.717, 1.165) is 24.9 Å². The van der Waals surface area contributed by atoms with Crippen LogP contribution in [0.2, 0.25) is 0 Å². The van der Waals surface area contributed by atoms with E-state index >= 15 is 0 Å². The summed E-state index contributed by atoms with van der Waals surface area (Å²) in [6.45, 7) is 12.2. The third kappa shape index (κ3) is 5.83. The number of fused-ring (bicyclic) bond motifs is 14. The molecule has 1 atom stereocenters. The van der Waals surface area contributed by atoms with Crippen LogP contribution in [0.25, 0.3) is 44.5 Å². The molecular formula is C71H59N. The first kappa shape index (κ1) is 43.1. The van der Waals surface area contributed by atoms with Crippen molar-refractivity contribution < 1.29 is 0 Å². The number of hydrogen-bond donors (Lipinski definition) is 0. The normalized spacial score (nSPS) is 18.2. The van der Waals surface area contributed by atoms with Gasteiger partial charge in [-0.3, -0.25) is 0 Å². The van der Waals surface area contributed by atoms with Crippen molar-refractivity contribution >= 4 is 11.4 Å². The lowest BCUT2D eigenvalue weighted by Crippen LogP contribution is -2.34. The Morgan fingerprint density at radius 3 is 1.43 bits per heavy atom. The maximum absolute atomic E-state index is 2.66. The Hall–Kier alpha value is -7.74. The molecule has 0 saturated heterocycles. The summed E-state index contributed by atoms with van der Waals surface area (Å²) in [7, 11) is 0. The molecule has 9 aromatic carbocycles. The molecule has 14 rings (SSSR count). The summed E-state index contributed by atoms with van der Waals surface area (Å²) < 4.78 is 0. The van der Waals surface area contributed by atoms with Crippen LogP contribution in [0.15, 0.2) is 230 Å². The standard InChI is InChI=1S/C71H59N/c1-46-35-37-49(38-36-46)72(50-39-40-55-53-27-12-16-30-59(53)70(64(55)43-50,47-21-8-6-9-22-47)48-23-10-7-11-24-48)66-45-65-57(44-58(66)56-29-20-34-63-67(56)69(4,5)42-41-68(63,2)3)54-28-15-19-33-62(54)71(65)60-31-17-13-25-51(60)52-26-14-18-32-61(52)71/h6-35,37-40,43-46H,36,41-42H2,1-5H3. The average Bonchev–Trinajstić information content (AvgIpc) is 4.00. The molecule has 0 saturated carbocycles. The molecule has 348 valence electrons. The van der Waals surface area contributed by atoms with E-state index in [4.69, 9.17) is 0 Å². The maximum Gasteiger partial charge on any atom is 0.0726 e. The highest BCUT2D eigenvalue weighted by molar-refractivity contribution is 6.00. The first-order chi connectivity index (χ1) is 35.1. The molecule has 0 aromatic heterocycles. The van der Waals surface area contributed by atoms with Crippen LogP contribution in [0.1, 0.15) is 110 Å². The lowest BCUT2D eigenvalue weighted by atomic mass is 9.61. The topological polar surface area (TPSA) is 3.24 Å². The SMILES string of the molecule is CC1C=CC(N(c2ccc3c(c2)C(c2ccccc2)(c2ccccc2)c2ccccc2-3)c2cc3c(cc2-c2cccc4c2C(C)(C)CCC4(C)C)-c2ccccc2C32c3ccccc3-c3ccccc32)=CC1. The quantitative estimate of drug-likeness (QED) is 0.161. The lowest BCUT2D eigenvalue weighted by Gasteiger charge is -2.43. The molecule has 0 fully saturated rings. The fourth-order valence-corrected chi connectivity index (χ4v) is 14.4. The number of anilines is 2. The van der Waals surface area contributed by atoms with Gasteiger partial charge in [0.2, 0.25) is 0 Å². The molecule has 0 radical (unpaired) electrons. The zero-order valence-electron chi connectivity index (χ0n) is 42.0. The van der Waals surface area contributed by atoms with Gasteiger partial charge in [0.05, 0.1) is 16.5 Å². The highest BCUT2D eigenvalue weighted by Gasteiger charge is 2.53. The van der Waals surface area contributed by atoms with Gasteiger partial charge >= 0.3 is 0 Å². The van der Waals surface area contributed by atoms with E-state index in [2.05, 4.69) is 264 Å². The van der Waals surface area contributed by atoms with Gasteiger partial charge in [0.1, 0.15) is 0 Å². The van der Waals surface area contributed by atoms with Gasteiger partial charge in [0.15, 0.2) is 0 Å². The van der Waals surface area contributed by atoms with Crippen molar-refractivity contribution in [3.63, 3.8) is 0 Å². The van der Waals surface area contributed by atoms with Crippen molar-refractivity contribution in [2.24, 2.45) is 5.92 Å². The van der Waals surface area contributed by atoms with Crippen LogP contribution in [-0.4, -0.2) is 0 Å². The Kier molecular flexibility index (Phi) is 9.35. The molecule has 5 aliphatic carbocycles. The van der Waals surface area contributed by atoms with E-state index in [9.17, 15) is 0 Å². The van der Waals surface area contributed by atoms with Gasteiger partial charge in [-0.05, 0) is 161 Å². The summed E-state index contributed by atoms with van der Waals surface area (Å²) >= 11 is 0. The molecule has 0 amide bonds. The minimum Gasteiger partial charge on any atom is -0.310 e. The number of rotatable bonds is 6. The molecule has 0 N–H and O–H groups in total. The van der Waals surface area contributed by atoms with Crippen LogP contribution < -0.4 is 4.90 Å². The van der Waals surface area contributed by atoms with Crippen LogP contribution in [0.4, 0.5) is 11.4 Å². The Bertz CT molecular complexity index is 3660. The Morgan fingerprint density at radius 2 is 0.861 bits per heavy atom. The van der Waals surface area contributed by atoms with Gasteiger partial charge in [-0.1, -0.05) is 229 Å². The van der Waals surface area contributed by atoms with Crippen molar-refractivity contribution in [2.75, 3.05) is 4.90 Å². The van der Waals surface area contributed by atoms with Crippen molar-refractivity contribution in [3.05, 3.63) is 286 Å². The van der Waals surface area contributed by atoms with Crippen LogP contribution in [-0.2, 0) is 21.7 Å². The molecule has 0 bridgehead atoms. The molecule has 1 spiro atoms. The second-order valence-electron chi connectivity index (χ2n) is 22.6. The lowest BCUT2D eigenvalue weighted by molar-refractivity contribution is 0.333. The third-order valence-corrected chi connectivity index (χ3v) is 17.7. The minimum atomic E-state index is -0.542. The number of hydrogen-bond acceptors (Lipinski definition) is 1. The number of benzene rings is 9. The van der Waals surface area contributed by atoms with Crippen molar-refractivity contribution in [3.8, 4) is 44.5 Å². The van der Waals surface area contributed by atoms with E-state index in [1.54, 1.807) is 0 Å². The maximum atomic E-state index is 2.66. The zero-order valence-corrected chi connectivity index (χ0v) is 42.0. The number of allylic oxidation sites excluding steroid dienone is 3. The van der Waals surface area contributed by atoms with Gasteiger partial charge in [0, 0.05) is 16.9 Å². The van der Waals surface area contributed by atoms with Gasteiger partial charge in [0.25, 0.3) is 0 Å². The van der Waals surface area contributed by atoms with E-state index in [1.165, 1.54) is 112 Å². The fraction of sp³-hybridized carbons (Fsp3) is 0.183. The summed E-state index contributed by atoms with van der Waals surface area (Å²) in [4.78, 5) is 2.66. The molecule has 0 heterocycles. The van der Waals surface area contributed by atoms with Crippen molar-refractivity contribution in [1.82, 2.24) is 0 Å². The largest absolute Gasteiger partial charge is 0.310 e. The third-order valence-electron chi connectivity index (χ3n) is 17.7. The second kappa shape index (κ2) is 15.6.